The molecule has 9 rings (SSSR count). The average Bonchev–Trinajstić information content (AvgIpc) is 1.72. The molecule has 0 aromatic heterocycles. The van der Waals surface area contributed by atoms with Gasteiger partial charge < -0.3 is 9.80 Å². The van der Waals surface area contributed by atoms with E-state index in [4.69, 9.17) is 0 Å². The Bertz CT molecular complexity index is 2540. The monoisotopic (exact) mass is 1660 g/mol. The molecular weight excluding hydrogens is 1450 g/mol. The maximum atomic E-state index is 11.3. The van der Waals surface area contributed by atoms with Gasteiger partial charge in [-0.05, 0) is 283 Å². The second kappa shape index (κ2) is 67.2. The lowest BCUT2D eigenvalue weighted by atomic mass is 10.0. The summed E-state index contributed by atoms with van der Waals surface area (Å²) in [7, 11) is -1.79. The summed E-state index contributed by atoms with van der Waals surface area (Å²) in [4.78, 5) is 21.0. The molecule has 8 fully saturated rings. The van der Waals surface area contributed by atoms with Gasteiger partial charge in [0, 0.05) is 136 Å². The zero-order valence-electron chi connectivity index (χ0n) is 84.8. The molecule has 684 valence electrons. The lowest BCUT2D eigenvalue weighted by molar-refractivity contribution is -0.0269. The van der Waals surface area contributed by atoms with Crippen molar-refractivity contribution in [3.8, 4) is 0 Å². The van der Waals surface area contributed by atoms with Gasteiger partial charge in [-0.15, -0.1) is 0 Å². The van der Waals surface area contributed by atoms with E-state index in [0.717, 1.165) is 13.0 Å². The Balaban J connectivity index is -0.000000148. The van der Waals surface area contributed by atoms with Crippen molar-refractivity contribution >= 4 is 35.2 Å². The highest BCUT2D eigenvalue weighted by Crippen LogP contribution is 2.25. The molecule has 0 radical (unpaired) electrons. The van der Waals surface area contributed by atoms with Crippen LogP contribution < -0.4 is 4.90 Å². The van der Waals surface area contributed by atoms with Crippen LogP contribution in [0.4, 0.5) is 5.69 Å². The van der Waals surface area contributed by atoms with Crippen LogP contribution in [-0.4, -0.2) is 285 Å². The summed E-state index contributed by atoms with van der Waals surface area (Å²) >= 11 is 0. The summed E-state index contributed by atoms with van der Waals surface area (Å²) in [6.45, 7) is 111. The Kier molecular flexibility index (Phi) is 77.1. The fourth-order valence-electron chi connectivity index (χ4n) is 11.9. The first-order valence-corrected chi connectivity index (χ1v) is 50.8. The molecule has 0 bridgehead atoms. The molecule has 0 spiro atoms. The molecule has 8 aliphatic heterocycles. The van der Waals surface area contributed by atoms with Crippen LogP contribution in [0.5, 0.6) is 0 Å². The number of hydrogen-bond donors (Lipinski definition) is 0. The molecule has 0 saturated carbocycles. The Hall–Kier alpha value is -1.53. The summed E-state index contributed by atoms with van der Waals surface area (Å²) in [5.41, 5.74) is 3.27. The number of sulfone groups is 3. The predicted octanol–water partition coefficient (Wildman–Crippen LogP) is 21.6. The van der Waals surface area contributed by atoms with Crippen LogP contribution in [0, 0.1) is 0 Å². The topological polar surface area (TPSA) is 138 Å². The Labute approximate surface area is 707 Å². The SMILES string of the molecule is CC.CC.CC.CC.CC.CC.CC.CC.CC.CC(C)(C)N1CCC1.CC(C)(C)N1CCCC1.CC(C)(C)N1CCCCC1.CC(C)(C)N1CCCS(=O)(=O)C1.CC(C)(C)N1CCS(=O)(=O)C1.CC(C)(C)N1CCS(=O)(=O)CC1.CC(C)N(C)c1ccccc1.CN1CCCN1C(C)(C)C.CN1CCN(C(C)(C)C)CC1. The average molecular weight is 1660 g/mol. The second-order valence-electron chi connectivity index (χ2n) is 35.8. The van der Waals surface area contributed by atoms with Gasteiger partial charge in [-0.25, -0.2) is 35.3 Å². The van der Waals surface area contributed by atoms with Crippen molar-refractivity contribution in [1.29, 1.82) is 0 Å². The van der Waals surface area contributed by atoms with Gasteiger partial charge in [0.1, 0.15) is 11.8 Å². The Morgan fingerprint density at radius 2 is 0.527 bits per heavy atom. The van der Waals surface area contributed by atoms with E-state index in [1.54, 1.807) is 0 Å². The molecule has 112 heavy (non-hydrogen) atoms. The van der Waals surface area contributed by atoms with Crippen LogP contribution in [0.25, 0.3) is 0 Å². The highest BCUT2D eigenvalue weighted by atomic mass is 32.2. The third kappa shape index (κ3) is 65.3. The van der Waals surface area contributed by atoms with E-state index < -0.39 is 29.5 Å². The van der Waals surface area contributed by atoms with Gasteiger partial charge in [-0.1, -0.05) is 149 Å². The minimum absolute atomic E-state index is 0.0103. The molecule has 8 heterocycles. The fourth-order valence-corrected chi connectivity index (χ4v) is 16.4. The summed E-state index contributed by atoms with van der Waals surface area (Å²) < 4.78 is 66.8. The summed E-state index contributed by atoms with van der Waals surface area (Å²) in [5, 5.41) is 4.74. The van der Waals surface area contributed by atoms with E-state index in [2.05, 4.69) is 228 Å². The first-order chi connectivity index (χ1) is 51.5. The zero-order valence-corrected chi connectivity index (χ0v) is 87.2. The number of likely N-dealkylation sites (N-methyl/N-ethyl adjacent to an activating group) is 1. The van der Waals surface area contributed by atoms with Crippen LogP contribution >= 0.6 is 0 Å². The van der Waals surface area contributed by atoms with Gasteiger partial charge in [0.15, 0.2) is 29.5 Å². The number of hydrogen-bond acceptors (Lipinski definition) is 17. The number of nitrogens with zero attached hydrogens (tertiary/aromatic N) is 11. The molecule has 20 heteroatoms. The molecule has 17 nitrogen and oxygen atoms in total. The molecule has 0 unspecified atom stereocenters. The van der Waals surface area contributed by atoms with Gasteiger partial charge in [-0.2, -0.15) is 0 Å². The van der Waals surface area contributed by atoms with Gasteiger partial charge in [0.2, 0.25) is 0 Å². The minimum atomic E-state index is -2.79. The second-order valence-corrected chi connectivity index (χ2v) is 42.4. The van der Waals surface area contributed by atoms with E-state index in [0.29, 0.717) is 76.4 Å². The van der Waals surface area contributed by atoms with Crippen molar-refractivity contribution in [3.63, 3.8) is 0 Å². The van der Waals surface area contributed by atoms with E-state index >= 15 is 0 Å². The molecule has 8 saturated heterocycles. The Morgan fingerprint density at radius 3 is 0.741 bits per heavy atom. The van der Waals surface area contributed by atoms with Gasteiger partial charge in [0.05, 0.1) is 23.0 Å². The van der Waals surface area contributed by atoms with Crippen molar-refractivity contribution in [1.82, 2.24) is 49.2 Å². The molecule has 0 aliphatic carbocycles. The number of piperidine rings is 1. The van der Waals surface area contributed by atoms with Crippen molar-refractivity contribution < 1.29 is 25.3 Å². The van der Waals surface area contributed by atoms with E-state index in [1.807, 2.05) is 182 Å². The molecule has 0 N–H and O–H groups in total. The zero-order chi connectivity index (χ0) is 90.8. The molecule has 1 aromatic carbocycles. The van der Waals surface area contributed by atoms with E-state index in [9.17, 15) is 25.3 Å². The van der Waals surface area contributed by atoms with E-state index in [1.165, 1.54) is 129 Å². The number of benzene rings is 1. The summed E-state index contributed by atoms with van der Waals surface area (Å²) in [5.74, 6) is 1.80. The summed E-state index contributed by atoms with van der Waals surface area (Å²) in [6.07, 6.45) is 10.5. The first-order valence-electron chi connectivity index (χ1n) is 45.3. The number of anilines is 1. The van der Waals surface area contributed by atoms with Crippen LogP contribution in [0.2, 0.25) is 0 Å². The third-order valence-electron chi connectivity index (χ3n) is 19.0. The highest BCUT2D eigenvalue weighted by Gasteiger charge is 2.35. The molecule has 8 aliphatic rings. The van der Waals surface area contributed by atoms with Crippen molar-refractivity contribution in [2.45, 2.75) is 406 Å². The number of hydrazine groups is 1. The lowest BCUT2D eigenvalue weighted by Crippen LogP contribution is -2.52. The van der Waals surface area contributed by atoms with Gasteiger partial charge in [0.25, 0.3) is 0 Å². The summed E-state index contributed by atoms with van der Waals surface area (Å²) in [6, 6.07) is 11.0. The van der Waals surface area contributed by atoms with Crippen molar-refractivity contribution in [2.24, 2.45) is 0 Å². The van der Waals surface area contributed by atoms with Gasteiger partial charge in [-0.3, -0.25) is 34.3 Å². The third-order valence-corrected chi connectivity index (χ3v) is 23.8. The number of rotatable bonds is 2. The Morgan fingerprint density at radius 1 is 0.277 bits per heavy atom. The van der Waals surface area contributed by atoms with Crippen LogP contribution in [-0.2, 0) is 29.5 Å². The molecule has 1 aromatic rings. The fraction of sp³-hybridized carbons (Fsp3) is 0.935. The number of likely N-dealkylation sites (tertiary alicyclic amines) is 3. The molecular formula is C92H207N11O6S3. The smallest absolute Gasteiger partial charge is 0.164 e. The number of para-hydroxylation sites is 1. The maximum absolute atomic E-state index is 11.3. The maximum Gasteiger partial charge on any atom is 0.164 e. The first kappa shape index (κ1) is 129. The molecule has 0 atom stereocenters. The minimum Gasteiger partial charge on any atom is -0.372 e. The quantitative estimate of drug-likeness (QED) is 0.277. The largest absolute Gasteiger partial charge is 0.372 e. The highest BCUT2D eigenvalue weighted by molar-refractivity contribution is 7.92. The predicted molar refractivity (Wildman–Crippen MR) is 511 cm³/mol. The lowest BCUT2D eigenvalue weighted by Gasteiger charge is -2.42. The van der Waals surface area contributed by atoms with Gasteiger partial charge >= 0.3 is 0 Å². The standard InChI is InChI=1S/C10H15N.C9H20N2.C9H19N.C8H18N2.2C8H17NO2S.C8H17N.C7H15NO2S.C7H15N.9C2H6/c1-9(2)11(3)10-7-5-4-6-8-10;1-9(2,3)11-7-5-10(4)6-8-11;1-9(2,3)10-7-5-4-6-8-10;1-8(2,3)10-7-5-6-9(10)4;1-8(2,3)9-4-6-12(10,11)7-5-9;1-8(2,3)9-5-4-6-12(10,11)7-9;1-8(2,3)9-6-4-5-7-9;1-7(2,3)8-4-5-11(9,10)6-8;1-7(2,3)8-5-4-6-8;9*1-2/h4-9H,1-3H3;5-8H2,1-4H3;4-8H2,1-3H3;5-7H2,1-4H3;2*4-7H2,1-3H3;4-7H2,1-3H3;4-6H2,1-3H3;4-6H2,1-3H3;9*1-2H3. The van der Waals surface area contributed by atoms with Crippen LogP contribution in [0.1, 0.15) is 356 Å². The van der Waals surface area contributed by atoms with Crippen LogP contribution in [0.3, 0.4) is 0 Å². The molecule has 0 amide bonds. The van der Waals surface area contributed by atoms with Crippen LogP contribution in [0.15, 0.2) is 30.3 Å². The van der Waals surface area contributed by atoms with Crippen molar-refractivity contribution in [3.05, 3.63) is 30.3 Å². The van der Waals surface area contributed by atoms with Crippen molar-refractivity contribution in [2.75, 3.05) is 166 Å². The normalized spacial score (nSPS) is 19.5. The number of piperazine rings is 1. The van der Waals surface area contributed by atoms with E-state index in [-0.39, 0.29) is 28.4 Å².